The maximum Gasteiger partial charge on any atom is 0.123 e. The van der Waals surface area contributed by atoms with E-state index in [9.17, 15) is 4.39 Å². The summed E-state index contributed by atoms with van der Waals surface area (Å²) in [6.45, 7) is 4.01. The Hall–Kier alpha value is -2.42. The van der Waals surface area contributed by atoms with E-state index in [1.54, 1.807) is 24.7 Å². The monoisotopic (exact) mass is 268 g/mol. The highest BCUT2D eigenvalue weighted by atomic mass is 19.1. The summed E-state index contributed by atoms with van der Waals surface area (Å²) in [5.74, 6) is -0.171. The summed E-state index contributed by atoms with van der Waals surface area (Å²) in [4.78, 5) is 3.98. The fourth-order valence-corrected chi connectivity index (χ4v) is 1.66. The first-order valence-corrected chi connectivity index (χ1v) is 6.42. The van der Waals surface area contributed by atoms with E-state index in [0.717, 1.165) is 11.3 Å². The Kier molecular flexibility index (Phi) is 4.66. The predicted octanol–water partition coefficient (Wildman–Crippen LogP) is 4.31. The summed E-state index contributed by atoms with van der Waals surface area (Å²) in [6, 6.07) is 14.7. The second-order valence-electron chi connectivity index (χ2n) is 4.60. The minimum absolute atomic E-state index is 0.171. The summed E-state index contributed by atoms with van der Waals surface area (Å²) < 4.78 is 14.1. The fourth-order valence-electron chi connectivity index (χ4n) is 1.66. The molecule has 0 aliphatic rings. The van der Waals surface area contributed by atoms with Crippen molar-refractivity contribution in [1.82, 2.24) is 9.55 Å². The van der Waals surface area contributed by atoms with Gasteiger partial charge in [-0.15, -0.1) is 0 Å². The first-order chi connectivity index (χ1) is 9.65. The quantitative estimate of drug-likeness (QED) is 0.643. The molecule has 0 bridgehead atoms. The Bertz CT molecular complexity index is 605. The average molecular weight is 268 g/mol. The molecule has 102 valence electrons. The smallest absolute Gasteiger partial charge is 0.123 e. The van der Waals surface area contributed by atoms with Crippen LogP contribution < -0.4 is 0 Å². The van der Waals surface area contributed by atoms with Crippen LogP contribution in [-0.4, -0.2) is 9.55 Å². The van der Waals surface area contributed by atoms with Gasteiger partial charge < -0.3 is 4.57 Å². The van der Waals surface area contributed by atoms with E-state index in [1.807, 2.05) is 17.7 Å². The number of rotatable bonds is 1. The molecule has 0 radical (unpaired) electrons. The number of aromatic nitrogens is 2. The predicted molar refractivity (Wildman–Crippen MR) is 79.4 cm³/mol. The fraction of sp³-hybridized carbons (Fsp3) is 0.118. The van der Waals surface area contributed by atoms with Crippen molar-refractivity contribution in [2.24, 2.45) is 0 Å². The highest BCUT2D eigenvalue weighted by Crippen LogP contribution is 2.07. The Morgan fingerprint density at radius 1 is 0.850 bits per heavy atom. The van der Waals surface area contributed by atoms with Crippen molar-refractivity contribution in [2.75, 3.05) is 0 Å². The number of hydrogen-bond donors (Lipinski definition) is 0. The van der Waals surface area contributed by atoms with E-state index >= 15 is 0 Å². The second-order valence-corrected chi connectivity index (χ2v) is 4.60. The van der Waals surface area contributed by atoms with Crippen molar-refractivity contribution in [3.8, 4) is 5.69 Å². The molecule has 3 heteroatoms. The maximum absolute atomic E-state index is 12.1. The van der Waals surface area contributed by atoms with Gasteiger partial charge in [0.25, 0.3) is 0 Å². The van der Waals surface area contributed by atoms with Gasteiger partial charge >= 0.3 is 0 Å². The van der Waals surface area contributed by atoms with Crippen LogP contribution in [-0.2, 0) is 0 Å². The largest absolute Gasteiger partial charge is 0.306 e. The third-order valence-corrected chi connectivity index (χ3v) is 2.85. The molecule has 0 spiro atoms. The van der Waals surface area contributed by atoms with Gasteiger partial charge in [-0.25, -0.2) is 9.37 Å². The van der Waals surface area contributed by atoms with Gasteiger partial charge in [0.2, 0.25) is 0 Å². The third-order valence-electron chi connectivity index (χ3n) is 2.85. The molecule has 0 N–H and O–H groups in total. The average Bonchev–Trinajstić information content (AvgIpc) is 2.98. The Balaban J connectivity index is 0.000000160. The van der Waals surface area contributed by atoms with Gasteiger partial charge in [0.1, 0.15) is 5.82 Å². The Morgan fingerprint density at radius 2 is 1.40 bits per heavy atom. The van der Waals surface area contributed by atoms with Gasteiger partial charge in [-0.05, 0) is 38.1 Å². The molecule has 20 heavy (non-hydrogen) atoms. The highest BCUT2D eigenvalue weighted by Gasteiger charge is 1.92. The van der Waals surface area contributed by atoms with Gasteiger partial charge in [-0.2, -0.15) is 0 Å². The Labute approximate surface area is 118 Å². The summed E-state index contributed by atoms with van der Waals surface area (Å²) in [5.41, 5.74) is 3.52. The van der Waals surface area contributed by atoms with Crippen LogP contribution in [0, 0.1) is 19.7 Å². The first-order valence-electron chi connectivity index (χ1n) is 6.42. The van der Waals surface area contributed by atoms with Crippen LogP contribution >= 0.6 is 0 Å². The van der Waals surface area contributed by atoms with Crippen LogP contribution in [0.1, 0.15) is 11.1 Å². The van der Waals surface area contributed by atoms with Crippen LogP contribution in [0.2, 0.25) is 0 Å². The van der Waals surface area contributed by atoms with Gasteiger partial charge in [0.15, 0.2) is 0 Å². The van der Waals surface area contributed by atoms with E-state index in [0.29, 0.717) is 0 Å². The normalized spacial score (nSPS) is 9.75. The molecular formula is C17H17FN2. The van der Waals surface area contributed by atoms with Crippen LogP contribution in [0.15, 0.2) is 67.3 Å². The molecule has 2 aromatic carbocycles. The lowest BCUT2D eigenvalue weighted by atomic mass is 10.2. The highest BCUT2D eigenvalue weighted by molar-refractivity contribution is 5.33. The molecule has 0 atom stereocenters. The van der Waals surface area contributed by atoms with Crippen LogP contribution in [0.3, 0.4) is 0 Å². The van der Waals surface area contributed by atoms with Gasteiger partial charge in [-0.3, -0.25) is 0 Å². The number of hydrogen-bond acceptors (Lipinski definition) is 1. The van der Waals surface area contributed by atoms with Crippen molar-refractivity contribution < 1.29 is 4.39 Å². The van der Waals surface area contributed by atoms with Crippen molar-refractivity contribution in [1.29, 1.82) is 0 Å². The SMILES string of the molecule is Cc1ccc(-n2ccnc2)cc1.Cc1ccc(F)cc1. The summed E-state index contributed by atoms with van der Waals surface area (Å²) in [6.07, 6.45) is 5.51. The molecule has 2 nitrogen and oxygen atoms in total. The van der Waals surface area contributed by atoms with Gasteiger partial charge in [0, 0.05) is 18.1 Å². The van der Waals surface area contributed by atoms with Crippen molar-refractivity contribution in [3.63, 3.8) is 0 Å². The minimum atomic E-state index is -0.171. The molecule has 3 aromatic rings. The molecular weight excluding hydrogens is 251 g/mol. The topological polar surface area (TPSA) is 17.8 Å². The number of imidazole rings is 1. The van der Waals surface area contributed by atoms with Crippen LogP contribution in [0.5, 0.6) is 0 Å². The van der Waals surface area contributed by atoms with Gasteiger partial charge in [-0.1, -0.05) is 35.4 Å². The molecule has 0 saturated carbocycles. The zero-order chi connectivity index (χ0) is 14.4. The minimum Gasteiger partial charge on any atom is -0.306 e. The second kappa shape index (κ2) is 6.66. The molecule has 1 heterocycles. The molecule has 3 rings (SSSR count). The van der Waals surface area contributed by atoms with E-state index in [4.69, 9.17) is 0 Å². The van der Waals surface area contributed by atoms with Gasteiger partial charge in [0.05, 0.1) is 6.33 Å². The standard InChI is InChI=1S/C10H10N2.C7H7F/c1-9-2-4-10(5-3-9)12-7-6-11-8-12;1-6-2-4-7(8)5-3-6/h2-8H,1H3;2-5H,1H3. The number of halogens is 1. The van der Waals surface area contributed by atoms with Crippen molar-refractivity contribution >= 4 is 0 Å². The first kappa shape index (κ1) is 14.0. The van der Waals surface area contributed by atoms with E-state index in [1.165, 1.54) is 17.7 Å². The lowest BCUT2D eigenvalue weighted by Gasteiger charge is -2.00. The summed E-state index contributed by atoms with van der Waals surface area (Å²) in [5, 5.41) is 0. The Morgan fingerprint density at radius 3 is 1.85 bits per heavy atom. The van der Waals surface area contributed by atoms with E-state index in [2.05, 4.69) is 36.2 Å². The maximum atomic E-state index is 12.1. The molecule has 0 fully saturated rings. The number of nitrogens with zero attached hydrogens (tertiary/aromatic N) is 2. The molecule has 0 amide bonds. The zero-order valence-electron chi connectivity index (χ0n) is 11.6. The lowest BCUT2D eigenvalue weighted by Crippen LogP contribution is -1.88. The number of benzene rings is 2. The summed E-state index contributed by atoms with van der Waals surface area (Å²) in [7, 11) is 0. The third kappa shape index (κ3) is 4.05. The molecule has 0 unspecified atom stereocenters. The van der Waals surface area contributed by atoms with E-state index < -0.39 is 0 Å². The molecule has 0 saturated heterocycles. The van der Waals surface area contributed by atoms with Crippen molar-refractivity contribution in [3.05, 3.63) is 84.2 Å². The molecule has 0 aliphatic heterocycles. The van der Waals surface area contributed by atoms with Crippen LogP contribution in [0.4, 0.5) is 4.39 Å². The molecule has 1 aromatic heterocycles. The van der Waals surface area contributed by atoms with Crippen molar-refractivity contribution in [2.45, 2.75) is 13.8 Å². The molecule has 0 aliphatic carbocycles. The van der Waals surface area contributed by atoms with E-state index in [-0.39, 0.29) is 5.82 Å². The lowest BCUT2D eigenvalue weighted by molar-refractivity contribution is 0.627. The number of aryl methyl sites for hydroxylation is 2. The van der Waals surface area contributed by atoms with Crippen LogP contribution in [0.25, 0.3) is 5.69 Å². The zero-order valence-corrected chi connectivity index (χ0v) is 11.6. The summed E-state index contributed by atoms with van der Waals surface area (Å²) >= 11 is 0.